The average Bonchev–Trinajstić information content (AvgIpc) is 3.07. The van der Waals surface area contributed by atoms with Crippen molar-refractivity contribution in [3.05, 3.63) is 64.4 Å². The van der Waals surface area contributed by atoms with Gasteiger partial charge in [0.1, 0.15) is 5.82 Å². The largest absolute Gasteiger partial charge is 0.224 e. The zero-order valence-electron chi connectivity index (χ0n) is 13.4. The van der Waals surface area contributed by atoms with Crippen molar-refractivity contribution >= 4 is 32.6 Å². The minimum atomic E-state index is -3.19. The topological polar surface area (TPSA) is 34.1 Å². The van der Waals surface area contributed by atoms with E-state index < -0.39 is 15.7 Å². The van der Waals surface area contributed by atoms with Gasteiger partial charge in [-0.1, -0.05) is 36.7 Å². The Morgan fingerprint density at radius 3 is 2.17 bits per heavy atom. The molecule has 0 heterocycles. The summed E-state index contributed by atoms with van der Waals surface area (Å²) in [6.45, 7) is 1.64. The van der Waals surface area contributed by atoms with E-state index in [1.54, 1.807) is 31.2 Å². The van der Waals surface area contributed by atoms with Crippen LogP contribution in [0.3, 0.4) is 0 Å². The van der Waals surface area contributed by atoms with E-state index in [0.717, 1.165) is 36.0 Å². The third-order valence-electron chi connectivity index (χ3n) is 4.43. The number of sulfone groups is 1. The van der Waals surface area contributed by atoms with Gasteiger partial charge in [0.25, 0.3) is 0 Å². The second-order valence-corrected chi connectivity index (χ2v) is 8.55. The zero-order chi connectivity index (χ0) is 17.3. The first-order valence-electron chi connectivity index (χ1n) is 7.93. The summed E-state index contributed by atoms with van der Waals surface area (Å²) in [6.07, 6.45) is 2.85. The molecule has 1 aliphatic rings. The Balaban J connectivity index is 2.02. The first-order valence-corrected chi connectivity index (χ1v) is 9.96. The normalized spacial score (nSPS) is 15.1. The molecule has 0 atom stereocenters. The van der Waals surface area contributed by atoms with Gasteiger partial charge in [0.05, 0.1) is 15.7 Å². The van der Waals surface area contributed by atoms with Crippen molar-refractivity contribution in [1.82, 2.24) is 0 Å². The van der Waals surface area contributed by atoms with E-state index in [0.29, 0.717) is 4.90 Å². The Morgan fingerprint density at radius 2 is 1.58 bits per heavy atom. The molecule has 0 N–H and O–H groups in total. The fraction of sp³-hybridized carbons (Fsp3) is 0.263. The zero-order valence-corrected chi connectivity index (χ0v) is 14.9. The molecule has 0 aliphatic heterocycles. The number of halogens is 2. The molecule has 0 saturated carbocycles. The fourth-order valence-corrected chi connectivity index (χ4v) is 4.16. The molecular formula is C19H18ClFO2S. The molecule has 126 valence electrons. The van der Waals surface area contributed by atoms with Crippen LogP contribution in [0.25, 0.3) is 11.1 Å². The Morgan fingerprint density at radius 1 is 1.00 bits per heavy atom. The summed E-state index contributed by atoms with van der Waals surface area (Å²) < 4.78 is 37.2. The van der Waals surface area contributed by atoms with Gasteiger partial charge >= 0.3 is 0 Å². The highest BCUT2D eigenvalue weighted by Gasteiger charge is 2.19. The van der Waals surface area contributed by atoms with Crippen molar-refractivity contribution in [3.63, 3.8) is 0 Å². The summed E-state index contributed by atoms with van der Waals surface area (Å²) in [5.41, 5.74) is 4.28. The number of allylic oxidation sites excluding steroid dienone is 2. The van der Waals surface area contributed by atoms with E-state index >= 15 is 0 Å². The molecule has 2 aromatic rings. The Bertz CT molecular complexity index is 899. The standard InChI is InChI=1S/C19H18ClFO2S/c1-2-24(22,23)15-9-6-13(7-10-15)16-4-3-5-17(16)14-8-11-19(21)18(20)12-14/h6-12H,2-5H2,1H3. The Kier molecular flexibility index (Phi) is 4.79. The molecule has 5 heteroatoms. The summed E-state index contributed by atoms with van der Waals surface area (Å²) >= 11 is 5.91. The minimum absolute atomic E-state index is 0.0916. The van der Waals surface area contributed by atoms with Crippen LogP contribution in [0.15, 0.2) is 47.4 Å². The average molecular weight is 365 g/mol. The second-order valence-electron chi connectivity index (χ2n) is 5.87. The smallest absolute Gasteiger partial charge is 0.178 e. The number of hydrogen-bond acceptors (Lipinski definition) is 2. The highest BCUT2D eigenvalue weighted by Crippen LogP contribution is 2.40. The van der Waals surface area contributed by atoms with Gasteiger partial charge in [-0.15, -0.1) is 0 Å². The van der Waals surface area contributed by atoms with Crippen molar-refractivity contribution in [2.75, 3.05) is 5.75 Å². The predicted octanol–water partition coefficient (Wildman–Crippen LogP) is 5.37. The molecule has 0 bridgehead atoms. The van der Waals surface area contributed by atoms with Gasteiger partial charge < -0.3 is 0 Å². The van der Waals surface area contributed by atoms with Gasteiger partial charge in [0.2, 0.25) is 0 Å². The Labute approximate surface area is 146 Å². The molecule has 0 aromatic heterocycles. The summed E-state index contributed by atoms with van der Waals surface area (Å²) in [4.78, 5) is 0.346. The van der Waals surface area contributed by atoms with Crippen molar-refractivity contribution in [3.8, 4) is 0 Å². The first-order chi connectivity index (χ1) is 11.4. The molecule has 1 aliphatic carbocycles. The molecule has 0 amide bonds. The van der Waals surface area contributed by atoms with Crippen molar-refractivity contribution < 1.29 is 12.8 Å². The van der Waals surface area contributed by atoms with Crippen LogP contribution in [-0.2, 0) is 9.84 Å². The van der Waals surface area contributed by atoms with Crippen molar-refractivity contribution in [2.45, 2.75) is 31.1 Å². The lowest BCUT2D eigenvalue weighted by Gasteiger charge is -2.10. The van der Waals surface area contributed by atoms with Crippen molar-refractivity contribution in [1.29, 1.82) is 0 Å². The van der Waals surface area contributed by atoms with Gasteiger partial charge in [-0.3, -0.25) is 0 Å². The van der Waals surface area contributed by atoms with Gasteiger partial charge in [0, 0.05) is 0 Å². The van der Waals surface area contributed by atoms with Crippen LogP contribution < -0.4 is 0 Å². The summed E-state index contributed by atoms with van der Waals surface area (Å²) in [6, 6.07) is 11.8. The molecule has 3 rings (SSSR count). The molecule has 0 fully saturated rings. The highest BCUT2D eigenvalue weighted by atomic mass is 35.5. The SMILES string of the molecule is CCS(=O)(=O)c1ccc(C2=C(c3ccc(F)c(Cl)c3)CCC2)cc1. The number of rotatable bonds is 4. The van der Waals surface area contributed by atoms with E-state index in [4.69, 9.17) is 11.6 Å². The summed E-state index contributed by atoms with van der Waals surface area (Å²) in [7, 11) is -3.19. The van der Waals surface area contributed by atoms with Crippen LogP contribution in [0.5, 0.6) is 0 Å². The van der Waals surface area contributed by atoms with Crippen molar-refractivity contribution in [2.24, 2.45) is 0 Å². The number of hydrogen-bond donors (Lipinski definition) is 0. The molecule has 2 aromatic carbocycles. The van der Waals surface area contributed by atoms with Gasteiger partial charge in [-0.05, 0) is 65.8 Å². The van der Waals surface area contributed by atoms with Crippen LogP contribution in [0, 0.1) is 5.82 Å². The molecule has 0 unspecified atom stereocenters. The third-order valence-corrected chi connectivity index (χ3v) is 6.47. The third kappa shape index (κ3) is 3.26. The lowest BCUT2D eigenvalue weighted by Crippen LogP contribution is -2.03. The maximum Gasteiger partial charge on any atom is 0.178 e. The van der Waals surface area contributed by atoms with Gasteiger partial charge in [-0.25, -0.2) is 12.8 Å². The van der Waals surface area contributed by atoms with Gasteiger partial charge in [0.15, 0.2) is 9.84 Å². The molecular weight excluding hydrogens is 347 g/mol. The quantitative estimate of drug-likeness (QED) is 0.731. The molecule has 2 nitrogen and oxygen atoms in total. The van der Waals surface area contributed by atoms with Crippen LogP contribution in [0.1, 0.15) is 37.3 Å². The lowest BCUT2D eigenvalue weighted by molar-refractivity contribution is 0.597. The maximum atomic E-state index is 13.4. The first kappa shape index (κ1) is 17.2. The molecule has 0 radical (unpaired) electrons. The van der Waals surface area contributed by atoms with E-state index in [-0.39, 0.29) is 10.8 Å². The van der Waals surface area contributed by atoms with Crippen LogP contribution in [0.4, 0.5) is 4.39 Å². The van der Waals surface area contributed by atoms with E-state index in [9.17, 15) is 12.8 Å². The molecule has 24 heavy (non-hydrogen) atoms. The fourth-order valence-electron chi connectivity index (χ4n) is 3.09. The summed E-state index contributed by atoms with van der Waals surface area (Å²) in [5.74, 6) is -0.330. The molecule has 0 saturated heterocycles. The maximum absolute atomic E-state index is 13.4. The van der Waals surface area contributed by atoms with Crippen LogP contribution in [-0.4, -0.2) is 14.2 Å². The van der Waals surface area contributed by atoms with E-state index in [1.807, 2.05) is 12.1 Å². The number of benzene rings is 2. The van der Waals surface area contributed by atoms with E-state index in [1.165, 1.54) is 11.6 Å². The highest BCUT2D eigenvalue weighted by molar-refractivity contribution is 7.91. The molecule has 0 spiro atoms. The monoisotopic (exact) mass is 364 g/mol. The Hall–Kier alpha value is -1.65. The van der Waals surface area contributed by atoms with Crippen LogP contribution in [0.2, 0.25) is 5.02 Å². The second kappa shape index (κ2) is 6.69. The predicted molar refractivity (Wildman–Crippen MR) is 96.2 cm³/mol. The van der Waals surface area contributed by atoms with Gasteiger partial charge in [-0.2, -0.15) is 0 Å². The van der Waals surface area contributed by atoms with E-state index in [2.05, 4.69) is 0 Å². The minimum Gasteiger partial charge on any atom is -0.224 e. The lowest BCUT2D eigenvalue weighted by atomic mass is 9.97. The van der Waals surface area contributed by atoms with Crippen LogP contribution >= 0.6 is 11.6 Å². The summed E-state index contributed by atoms with van der Waals surface area (Å²) in [5, 5.41) is 0.121.